The summed E-state index contributed by atoms with van der Waals surface area (Å²) in [5, 5.41) is 12.1. The number of hydrogen-bond acceptors (Lipinski definition) is 3. The lowest BCUT2D eigenvalue weighted by Crippen LogP contribution is -2.28. The fraction of sp³-hybridized carbons (Fsp3) is 0.316. The van der Waals surface area contributed by atoms with E-state index in [1.54, 1.807) is 7.05 Å². The Labute approximate surface area is 137 Å². The van der Waals surface area contributed by atoms with Crippen LogP contribution >= 0.6 is 0 Å². The molecule has 0 aliphatic rings. The summed E-state index contributed by atoms with van der Waals surface area (Å²) in [6, 6.07) is 13.6. The predicted octanol–water partition coefficient (Wildman–Crippen LogP) is 2.70. The zero-order chi connectivity index (χ0) is 16.8. The molecule has 0 spiro atoms. The highest BCUT2D eigenvalue weighted by atomic mass is 16.5. The van der Waals surface area contributed by atoms with Gasteiger partial charge in [-0.25, -0.2) is 0 Å². The smallest absolute Gasteiger partial charge is 0.229 e. The van der Waals surface area contributed by atoms with Gasteiger partial charge in [0.25, 0.3) is 0 Å². The molecule has 0 aliphatic carbocycles. The molecule has 0 saturated heterocycles. The predicted molar refractivity (Wildman–Crippen MR) is 90.6 cm³/mol. The molecular weight excluding hydrogens is 290 g/mol. The molecule has 4 nitrogen and oxygen atoms in total. The minimum absolute atomic E-state index is 0.227. The lowest BCUT2D eigenvalue weighted by atomic mass is 9.98. The first-order valence-corrected chi connectivity index (χ1v) is 7.67. The molecule has 122 valence electrons. The van der Waals surface area contributed by atoms with E-state index in [-0.39, 0.29) is 12.5 Å². The van der Waals surface area contributed by atoms with Crippen LogP contribution in [0.5, 0.6) is 5.75 Å². The highest BCUT2D eigenvalue weighted by Gasteiger charge is 2.22. The summed E-state index contributed by atoms with van der Waals surface area (Å²) in [4.78, 5) is 11.9. The summed E-state index contributed by atoms with van der Waals surface area (Å²) >= 11 is 0. The van der Waals surface area contributed by atoms with Gasteiger partial charge in [-0.1, -0.05) is 42.0 Å². The van der Waals surface area contributed by atoms with E-state index >= 15 is 0 Å². The zero-order valence-electron chi connectivity index (χ0n) is 13.8. The molecular formula is C19H23NO3. The van der Waals surface area contributed by atoms with E-state index in [0.29, 0.717) is 17.9 Å². The Morgan fingerprint density at radius 3 is 2.65 bits per heavy atom. The van der Waals surface area contributed by atoms with Crippen LogP contribution in [0, 0.1) is 13.8 Å². The van der Waals surface area contributed by atoms with Crippen LogP contribution in [-0.4, -0.2) is 24.7 Å². The second-order valence-corrected chi connectivity index (χ2v) is 5.61. The van der Waals surface area contributed by atoms with Crippen molar-refractivity contribution >= 4 is 5.91 Å². The van der Waals surface area contributed by atoms with E-state index in [0.717, 1.165) is 11.1 Å². The Kier molecular flexibility index (Phi) is 5.77. The third-order valence-electron chi connectivity index (χ3n) is 3.93. The third kappa shape index (κ3) is 4.11. The summed E-state index contributed by atoms with van der Waals surface area (Å²) in [5.41, 5.74) is 4.15. The van der Waals surface area contributed by atoms with Gasteiger partial charge in [-0.3, -0.25) is 4.79 Å². The number of rotatable bonds is 6. The molecule has 0 unspecified atom stereocenters. The number of para-hydroxylation sites is 1. The maximum Gasteiger partial charge on any atom is 0.229 e. The quantitative estimate of drug-likeness (QED) is 0.862. The number of aliphatic hydroxyl groups excluding tert-OH is 1. The van der Waals surface area contributed by atoms with Gasteiger partial charge in [0.15, 0.2) is 0 Å². The Balaban J connectivity index is 2.23. The monoisotopic (exact) mass is 313 g/mol. The molecule has 4 heteroatoms. The van der Waals surface area contributed by atoms with Gasteiger partial charge >= 0.3 is 0 Å². The highest BCUT2D eigenvalue weighted by Crippen LogP contribution is 2.27. The van der Waals surface area contributed by atoms with Crippen LogP contribution in [0.15, 0.2) is 42.5 Å². The second kappa shape index (κ2) is 7.79. The summed E-state index contributed by atoms with van der Waals surface area (Å²) in [6.45, 7) is 4.26. The molecule has 2 aromatic rings. The average Bonchev–Trinajstić information content (AvgIpc) is 2.57. The lowest BCUT2D eigenvalue weighted by Gasteiger charge is -2.18. The van der Waals surface area contributed by atoms with E-state index < -0.39 is 5.92 Å². The molecule has 1 atom stereocenters. The topological polar surface area (TPSA) is 58.6 Å². The molecule has 0 heterocycles. The number of benzene rings is 2. The number of ether oxygens (including phenoxy) is 1. The van der Waals surface area contributed by atoms with Crippen molar-refractivity contribution in [2.45, 2.75) is 26.4 Å². The van der Waals surface area contributed by atoms with Crippen LogP contribution < -0.4 is 10.1 Å². The summed E-state index contributed by atoms with van der Waals surface area (Å²) in [6.07, 6.45) is 0. The molecule has 0 saturated carbocycles. The largest absolute Gasteiger partial charge is 0.489 e. The van der Waals surface area contributed by atoms with E-state index in [2.05, 4.69) is 23.5 Å². The van der Waals surface area contributed by atoms with Gasteiger partial charge in [0.1, 0.15) is 12.4 Å². The van der Waals surface area contributed by atoms with E-state index in [1.807, 2.05) is 38.1 Å². The molecule has 23 heavy (non-hydrogen) atoms. The number of aliphatic hydroxyl groups is 1. The molecule has 2 aromatic carbocycles. The number of hydrogen-bond donors (Lipinski definition) is 2. The van der Waals surface area contributed by atoms with Crippen LogP contribution in [0.25, 0.3) is 0 Å². The van der Waals surface area contributed by atoms with E-state index in [4.69, 9.17) is 4.74 Å². The number of nitrogens with one attached hydrogen (secondary N) is 1. The number of aryl methyl sites for hydroxylation is 2. The molecule has 2 rings (SSSR count). The van der Waals surface area contributed by atoms with Gasteiger partial charge in [-0.05, 0) is 31.0 Å². The number of amides is 1. The number of likely N-dealkylation sites (N-methyl/N-ethyl adjacent to an activating group) is 1. The fourth-order valence-electron chi connectivity index (χ4n) is 2.51. The molecule has 0 bridgehead atoms. The first-order valence-electron chi connectivity index (χ1n) is 7.67. The Morgan fingerprint density at radius 2 is 1.96 bits per heavy atom. The van der Waals surface area contributed by atoms with Crippen LogP contribution in [0.4, 0.5) is 0 Å². The first-order chi connectivity index (χ1) is 11.1. The first kappa shape index (κ1) is 17.0. The Hall–Kier alpha value is -2.33. The Morgan fingerprint density at radius 1 is 1.22 bits per heavy atom. The fourth-order valence-corrected chi connectivity index (χ4v) is 2.51. The van der Waals surface area contributed by atoms with Crippen molar-refractivity contribution in [1.82, 2.24) is 5.32 Å². The van der Waals surface area contributed by atoms with Crippen LogP contribution in [0.3, 0.4) is 0 Å². The maximum atomic E-state index is 11.9. The van der Waals surface area contributed by atoms with Crippen molar-refractivity contribution < 1.29 is 14.6 Å². The Bertz CT molecular complexity index is 682. The number of carbonyl (C=O) groups excluding carboxylic acids is 1. The zero-order valence-corrected chi connectivity index (χ0v) is 13.8. The average molecular weight is 313 g/mol. The maximum absolute atomic E-state index is 11.9. The van der Waals surface area contributed by atoms with Crippen LogP contribution in [0.2, 0.25) is 0 Å². The summed E-state index contributed by atoms with van der Waals surface area (Å²) < 4.78 is 5.95. The second-order valence-electron chi connectivity index (χ2n) is 5.61. The van der Waals surface area contributed by atoms with Crippen molar-refractivity contribution in [2.24, 2.45) is 0 Å². The van der Waals surface area contributed by atoms with E-state index in [9.17, 15) is 9.90 Å². The summed E-state index contributed by atoms with van der Waals surface area (Å²) in [5.74, 6) is -0.235. The van der Waals surface area contributed by atoms with Crippen molar-refractivity contribution in [2.75, 3.05) is 13.7 Å². The third-order valence-corrected chi connectivity index (χ3v) is 3.93. The van der Waals surface area contributed by atoms with Gasteiger partial charge in [0.2, 0.25) is 5.91 Å². The van der Waals surface area contributed by atoms with Crippen LogP contribution in [-0.2, 0) is 11.4 Å². The van der Waals surface area contributed by atoms with Gasteiger partial charge in [-0.2, -0.15) is 0 Å². The van der Waals surface area contributed by atoms with Gasteiger partial charge < -0.3 is 15.2 Å². The van der Waals surface area contributed by atoms with Crippen molar-refractivity contribution in [1.29, 1.82) is 0 Å². The lowest BCUT2D eigenvalue weighted by molar-refractivity contribution is -0.122. The molecule has 0 aromatic heterocycles. The molecule has 1 amide bonds. The van der Waals surface area contributed by atoms with Crippen molar-refractivity contribution in [3.8, 4) is 5.75 Å². The molecule has 0 fully saturated rings. The number of carbonyl (C=O) groups is 1. The van der Waals surface area contributed by atoms with Crippen LogP contribution in [0.1, 0.15) is 28.2 Å². The minimum atomic E-state index is -0.630. The normalized spacial score (nSPS) is 11.8. The molecule has 2 N–H and O–H groups in total. The van der Waals surface area contributed by atoms with E-state index in [1.165, 1.54) is 5.56 Å². The van der Waals surface area contributed by atoms with Crippen molar-refractivity contribution in [3.63, 3.8) is 0 Å². The van der Waals surface area contributed by atoms with Gasteiger partial charge in [0.05, 0.1) is 12.5 Å². The SMILES string of the molecule is CNC(=O)[C@H](CO)c1ccccc1OCc1cc(C)ccc1C. The van der Waals surface area contributed by atoms with Gasteiger partial charge in [-0.15, -0.1) is 0 Å². The molecule has 0 radical (unpaired) electrons. The molecule has 0 aliphatic heterocycles. The summed E-state index contributed by atoms with van der Waals surface area (Å²) in [7, 11) is 1.56. The van der Waals surface area contributed by atoms with Gasteiger partial charge in [0, 0.05) is 12.6 Å². The minimum Gasteiger partial charge on any atom is -0.489 e. The standard InChI is InChI=1S/C19H23NO3/c1-13-8-9-14(2)15(10-13)12-23-18-7-5-4-6-16(18)17(11-21)19(22)20-3/h4-10,17,21H,11-12H2,1-3H3,(H,20,22)/t17-/m1/s1. The highest BCUT2D eigenvalue weighted by molar-refractivity contribution is 5.84. The van der Waals surface area contributed by atoms with Crippen molar-refractivity contribution in [3.05, 3.63) is 64.7 Å².